The van der Waals surface area contributed by atoms with Crippen LogP contribution in [0.5, 0.6) is 0 Å². The van der Waals surface area contributed by atoms with E-state index >= 15 is 0 Å². The molecule has 1 aliphatic rings. The van der Waals surface area contributed by atoms with Crippen molar-refractivity contribution in [3.63, 3.8) is 0 Å². The highest BCUT2D eigenvalue weighted by Crippen LogP contribution is 2.35. The number of amides is 1. The van der Waals surface area contributed by atoms with Gasteiger partial charge in [0.1, 0.15) is 0 Å². The SMILES string of the molecule is CCC1c2ccsc2CCN1C(=O)CN(C)CCC(=O)O. The predicted octanol–water partition coefficient (Wildman–Crippen LogP) is 1.99. The molecule has 2 rings (SSSR count). The van der Waals surface area contributed by atoms with E-state index in [1.807, 2.05) is 4.90 Å². The van der Waals surface area contributed by atoms with Gasteiger partial charge in [0, 0.05) is 18.0 Å². The maximum Gasteiger partial charge on any atom is 0.304 e. The van der Waals surface area contributed by atoms with E-state index in [-0.39, 0.29) is 24.9 Å². The van der Waals surface area contributed by atoms with Gasteiger partial charge in [-0.15, -0.1) is 11.3 Å². The number of carboxylic acids is 1. The molecule has 0 aliphatic carbocycles. The van der Waals surface area contributed by atoms with Gasteiger partial charge in [-0.3, -0.25) is 14.5 Å². The van der Waals surface area contributed by atoms with Crippen molar-refractivity contribution in [3.8, 4) is 0 Å². The molecule has 6 heteroatoms. The molecule has 0 spiro atoms. The van der Waals surface area contributed by atoms with Crippen LogP contribution in [-0.2, 0) is 16.0 Å². The smallest absolute Gasteiger partial charge is 0.304 e. The van der Waals surface area contributed by atoms with Crippen molar-refractivity contribution in [3.05, 3.63) is 21.9 Å². The minimum absolute atomic E-state index is 0.0651. The van der Waals surface area contributed by atoms with E-state index < -0.39 is 5.97 Å². The molecule has 5 nitrogen and oxygen atoms in total. The molecule has 1 N–H and O–H groups in total. The second-order valence-electron chi connectivity index (χ2n) is 5.44. The van der Waals surface area contributed by atoms with Crippen LogP contribution in [0.25, 0.3) is 0 Å². The highest BCUT2D eigenvalue weighted by atomic mass is 32.1. The average molecular weight is 310 g/mol. The third-order valence-electron chi connectivity index (χ3n) is 3.91. The first-order valence-electron chi connectivity index (χ1n) is 7.29. The fourth-order valence-corrected chi connectivity index (χ4v) is 3.75. The fraction of sp³-hybridized carbons (Fsp3) is 0.600. The number of hydrogen-bond donors (Lipinski definition) is 1. The number of fused-ring (bicyclic) bond motifs is 1. The number of nitrogens with zero attached hydrogens (tertiary/aromatic N) is 2. The lowest BCUT2D eigenvalue weighted by Gasteiger charge is -2.36. The predicted molar refractivity (Wildman–Crippen MR) is 82.5 cm³/mol. The zero-order valence-electron chi connectivity index (χ0n) is 12.5. The molecule has 0 saturated heterocycles. The summed E-state index contributed by atoms with van der Waals surface area (Å²) in [5.41, 5.74) is 1.29. The highest BCUT2D eigenvalue weighted by Gasteiger charge is 2.30. The fourth-order valence-electron chi connectivity index (χ4n) is 2.82. The highest BCUT2D eigenvalue weighted by molar-refractivity contribution is 7.10. The van der Waals surface area contributed by atoms with E-state index in [2.05, 4.69) is 18.4 Å². The zero-order chi connectivity index (χ0) is 15.4. The van der Waals surface area contributed by atoms with Gasteiger partial charge in [0.05, 0.1) is 19.0 Å². The van der Waals surface area contributed by atoms with Crippen LogP contribution in [0.4, 0.5) is 0 Å². The first-order valence-corrected chi connectivity index (χ1v) is 8.17. The van der Waals surface area contributed by atoms with Gasteiger partial charge < -0.3 is 10.0 Å². The Morgan fingerprint density at radius 2 is 2.29 bits per heavy atom. The van der Waals surface area contributed by atoms with Crippen LogP contribution in [0, 0.1) is 0 Å². The molecule has 0 saturated carbocycles. The lowest BCUT2D eigenvalue weighted by Crippen LogP contribution is -2.44. The summed E-state index contributed by atoms with van der Waals surface area (Å²) >= 11 is 1.77. The number of carbonyl (C=O) groups excluding carboxylic acids is 1. The third kappa shape index (κ3) is 3.83. The van der Waals surface area contributed by atoms with E-state index in [1.54, 1.807) is 23.3 Å². The molecule has 116 valence electrons. The number of aliphatic carboxylic acids is 1. The molecule has 21 heavy (non-hydrogen) atoms. The van der Waals surface area contributed by atoms with E-state index in [9.17, 15) is 9.59 Å². The van der Waals surface area contributed by atoms with Crippen molar-refractivity contribution in [2.75, 3.05) is 26.7 Å². The maximum absolute atomic E-state index is 12.5. The number of rotatable bonds is 6. The molecule has 1 aromatic rings. The number of carbonyl (C=O) groups is 2. The minimum atomic E-state index is -0.832. The van der Waals surface area contributed by atoms with Crippen molar-refractivity contribution in [2.24, 2.45) is 0 Å². The average Bonchev–Trinajstić information content (AvgIpc) is 2.92. The summed E-state index contributed by atoms with van der Waals surface area (Å²) in [5.74, 6) is -0.742. The first-order chi connectivity index (χ1) is 10.0. The molecular weight excluding hydrogens is 288 g/mol. The molecule has 2 heterocycles. The molecule has 1 aromatic heterocycles. The van der Waals surface area contributed by atoms with Crippen LogP contribution in [0.3, 0.4) is 0 Å². The summed E-state index contributed by atoms with van der Waals surface area (Å²) in [6.07, 6.45) is 1.90. The summed E-state index contributed by atoms with van der Waals surface area (Å²) in [5, 5.41) is 10.8. The normalized spacial score (nSPS) is 17.9. The Labute approximate surface area is 129 Å². The Kier molecular flexibility index (Phi) is 5.36. The number of likely N-dealkylation sites (N-methyl/N-ethyl adjacent to an activating group) is 1. The lowest BCUT2D eigenvalue weighted by molar-refractivity contribution is -0.139. The molecule has 1 atom stereocenters. The number of thiophene rings is 1. The Morgan fingerprint density at radius 3 is 2.95 bits per heavy atom. The zero-order valence-corrected chi connectivity index (χ0v) is 13.4. The van der Waals surface area contributed by atoms with Crippen LogP contribution in [-0.4, -0.2) is 53.5 Å². The van der Waals surface area contributed by atoms with Crippen LogP contribution in [0.15, 0.2) is 11.4 Å². The van der Waals surface area contributed by atoms with Crippen molar-refractivity contribution in [2.45, 2.75) is 32.2 Å². The molecule has 0 fully saturated rings. The Bertz CT molecular complexity index is 515. The van der Waals surface area contributed by atoms with Crippen molar-refractivity contribution in [1.82, 2.24) is 9.80 Å². The number of hydrogen-bond acceptors (Lipinski definition) is 4. The lowest BCUT2D eigenvalue weighted by atomic mass is 9.97. The van der Waals surface area contributed by atoms with E-state index in [0.717, 1.165) is 19.4 Å². The van der Waals surface area contributed by atoms with Crippen LogP contribution in [0.2, 0.25) is 0 Å². The van der Waals surface area contributed by atoms with Gasteiger partial charge >= 0.3 is 5.97 Å². The van der Waals surface area contributed by atoms with Crippen molar-refractivity contribution < 1.29 is 14.7 Å². The Morgan fingerprint density at radius 1 is 1.52 bits per heavy atom. The van der Waals surface area contributed by atoms with Gasteiger partial charge in [0.15, 0.2) is 0 Å². The third-order valence-corrected chi connectivity index (χ3v) is 4.91. The van der Waals surface area contributed by atoms with E-state index in [1.165, 1.54) is 10.4 Å². The van der Waals surface area contributed by atoms with E-state index in [4.69, 9.17) is 5.11 Å². The van der Waals surface area contributed by atoms with E-state index in [0.29, 0.717) is 6.54 Å². The second-order valence-corrected chi connectivity index (χ2v) is 6.44. The monoisotopic (exact) mass is 310 g/mol. The van der Waals surface area contributed by atoms with Crippen LogP contribution >= 0.6 is 11.3 Å². The van der Waals surface area contributed by atoms with Crippen LogP contribution < -0.4 is 0 Å². The molecule has 1 aliphatic heterocycles. The van der Waals surface area contributed by atoms with Gasteiger partial charge in [0.2, 0.25) is 5.91 Å². The van der Waals surface area contributed by atoms with Crippen LogP contribution in [0.1, 0.15) is 36.2 Å². The number of carboxylic acid groups (broad SMARTS) is 1. The molecule has 0 bridgehead atoms. The molecule has 0 radical (unpaired) electrons. The molecule has 1 unspecified atom stereocenters. The second kappa shape index (κ2) is 7.04. The Balaban J connectivity index is 1.97. The molecular formula is C15H22N2O3S. The summed E-state index contributed by atoms with van der Waals surface area (Å²) in [6, 6.07) is 2.29. The summed E-state index contributed by atoms with van der Waals surface area (Å²) < 4.78 is 0. The quantitative estimate of drug-likeness (QED) is 0.873. The van der Waals surface area contributed by atoms with Gasteiger partial charge in [-0.1, -0.05) is 6.92 Å². The van der Waals surface area contributed by atoms with Crippen molar-refractivity contribution >= 4 is 23.2 Å². The molecule has 1 amide bonds. The van der Waals surface area contributed by atoms with Crippen molar-refractivity contribution in [1.29, 1.82) is 0 Å². The summed E-state index contributed by atoms with van der Waals surface area (Å²) in [4.78, 5) is 28.2. The standard InChI is InChI=1S/C15H22N2O3S/c1-3-12-11-6-9-21-13(11)4-8-17(12)14(18)10-16(2)7-5-15(19)20/h6,9,12H,3-5,7-8,10H2,1-2H3,(H,19,20). The van der Waals surface area contributed by atoms with Gasteiger partial charge in [0.25, 0.3) is 0 Å². The van der Waals surface area contributed by atoms with Gasteiger partial charge in [-0.05, 0) is 36.9 Å². The van der Waals surface area contributed by atoms with Gasteiger partial charge in [-0.25, -0.2) is 0 Å². The Hall–Kier alpha value is -1.40. The molecule has 0 aromatic carbocycles. The largest absolute Gasteiger partial charge is 0.481 e. The maximum atomic E-state index is 12.5. The minimum Gasteiger partial charge on any atom is -0.481 e. The topological polar surface area (TPSA) is 60.9 Å². The van der Waals surface area contributed by atoms with Gasteiger partial charge in [-0.2, -0.15) is 0 Å². The summed E-state index contributed by atoms with van der Waals surface area (Å²) in [7, 11) is 1.79. The summed E-state index contributed by atoms with van der Waals surface area (Å²) in [6.45, 7) is 3.54. The first kappa shape index (κ1) is 16.0.